The van der Waals surface area contributed by atoms with Gasteiger partial charge in [-0.05, 0) is 38.3 Å². The molecule has 2 fully saturated rings. The fourth-order valence-electron chi connectivity index (χ4n) is 3.45. The van der Waals surface area contributed by atoms with Crippen LogP contribution < -0.4 is 5.32 Å². The molecule has 0 radical (unpaired) electrons. The monoisotopic (exact) mass is 225 g/mol. The standard InChI is InChI=1S/C14H27NO/c1-16-14(9-11-15-12-10-14)8-4-7-13-5-2-3-6-13/h13,15H,2-12H2,1H3. The summed E-state index contributed by atoms with van der Waals surface area (Å²) in [5, 5.41) is 3.43. The van der Waals surface area contributed by atoms with Crippen LogP contribution in [0.2, 0.25) is 0 Å². The van der Waals surface area contributed by atoms with Crippen molar-refractivity contribution < 1.29 is 4.74 Å². The van der Waals surface area contributed by atoms with Gasteiger partial charge in [-0.25, -0.2) is 0 Å². The smallest absolute Gasteiger partial charge is 0.0703 e. The molecule has 1 saturated carbocycles. The Labute approximate surface area is 100 Å². The molecule has 1 N–H and O–H groups in total. The molecule has 0 bridgehead atoms. The number of hydrogen-bond acceptors (Lipinski definition) is 2. The average molecular weight is 225 g/mol. The average Bonchev–Trinajstić information content (AvgIpc) is 2.83. The number of ether oxygens (including phenoxy) is 1. The van der Waals surface area contributed by atoms with Crippen molar-refractivity contribution in [1.82, 2.24) is 5.32 Å². The number of rotatable bonds is 5. The van der Waals surface area contributed by atoms with Crippen LogP contribution in [0.1, 0.15) is 57.8 Å². The van der Waals surface area contributed by atoms with Crippen molar-refractivity contribution in [3.05, 3.63) is 0 Å². The van der Waals surface area contributed by atoms with Crippen LogP contribution in [0.25, 0.3) is 0 Å². The predicted octanol–water partition coefficient (Wildman–Crippen LogP) is 3.12. The zero-order valence-electron chi connectivity index (χ0n) is 10.8. The lowest BCUT2D eigenvalue weighted by atomic mass is 9.85. The molecule has 1 aliphatic carbocycles. The van der Waals surface area contributed by atoms with Gasteiger partial charge < -0.3 is 10.1 Å². The molecular formula is C14H27NO. The van der Waals surface area contributed by atoms with Gasteiger partial charge in [0.2, 0.25) is 0 Å². The van der Waals surface area contributed by atoms with E-state index in [-0.39, 0.29) is 5.60 Å². The largest absolute Gasteiger partial charge is 0.378 e. The highest BCUT2D eigenvalue weighted by molar-refractivity contribution is 4.86. The summed E-state index contributed by atoms with van der Waals surface area (Å²) in [6, 6.07) is 0. The van der Waals surface area contributed by atoms with Crippen LogP contribution >= 0.6 is 0 Å². The van der Waals surface area contributed by atoms with E-state index < -0.39 is 0 Å². The second kappa shape index (κ2) is 6.02. The zero-order chi connectivity index (χ0) is 11.3. The molecule has 0 spiro atoms. The van der Waals surface area contributed by atoms with Gasteiger partial charge in [0.15, 0.2) is 0 Å². The van der Waals surface area contributed by atoms with Gasteiger partial charge >= 0.3 is 0 Å². The minimum absolute atomic E-state index is 0.212. The summed E-state index contributed by atoms with van der Waals surface area (Å²) in [6.45, 7) is 2.27. The van der Waals surface area contributed by atoms with Crippen molar-refractivity contribution >= 4 is 0 Å². The van der Waals surface area contributed by atoms with E-state index in [1.165, 1.54) is 57.8 Å². The van der Waals surface area contributed by atoms with Gasteiger partial charge in [0, 0.05) is 7.11 Å². The fourth-order valence-corrected chi connectivity index (χ4v) is 3.45. The molecule has 94 valence electrons. The molecule has 0 amide bonds. The van der Waals surface area contributed by atoms with Crippen LogP contribution in [0.5, 0.6) is 0 Å². The van der Waals surface area contributed by atoms with Gasteiger partial charge in [0.25, 0.3) is 0 Å². The Bertz CT molecular complexity index is 193. The van der Waals surface area contributed by atoms with Gasteiger partial charge in [-0.3, -0.25) is 0 Å². The lowest BCUT2D eigenvalue weighted by Crippen LogP contribution is -2.43. The maximum atomic E-state index is 5.80. The Kier molecular flexibility index (Phi) is 4.66. The van der Waals surface area contributed by atoms with Gasteiger partial charge in [-0.1, -0.05) is 38.5 Å². The summed E-state index contributed by atoms with van der Waals surface area (Å²) in [7, 11) is 1.90. The van der Waals surface area contributed by atoms with Crippen molar-refractivity contribution in [3.8, 4) is 0 Å². The van der Waals surface area contributed by atoms with Crippen LogP contribution in [0.3, 0.4) is 0 Å². The Hall–Kier alpha value is -0.0800. The third kappa shape index (κ3) is 3.21. The van der Waals surface area contributed by atoms with Crippen molar-refractivity contribution in [1.29, 1.82) is 0 Å². The molecule has 2 aliphatic rings. The fraction of sp³-hybridized carbons (Fsp3) is 1.00. The maximum absolute atomic E-state index is 5.80. The summed E-state index contributed by atoms with van der Waals surface area (Å²) in [5.74, 6) is 1.04. The Morgan fingerprint density at radius 2 is 1.88 bits per heavy atom. The number of hydrogen-bond donors (Lipinski definition) is 1. The van der Waals surface area contributed by atoms with Gasteiger partial charge in [0.1, 0.15) is 0 Å². The molecule has 0 unspecified atom stereocenters. The molecule has 16 heavy (non-hydrogen) atoms. The first-order valence-corrected chi connectivity index (χ1v) is 7.10. The summed E-state index contributed by atoms with van der Waals surface area (Å²) < 4.78 is 5.80. The van der Waals surface area contributed by atoms with Crippen molar-refractivity contribution in [2.45, 2.75) is 63.4 Å². The highest BCUT2D eigenvalue weighted by Gasteiger charge is 2.31. The van der Waals surface area contributed by atoms with Crippen molar-refractivity contribution in [2.24, 2.45) is 5.92 Å². The quantitative estimate of drug-likeness (QED) is 0.776. The Morgan fingerprint density at radius 1 is 1.19 bits per heavy atom. The van der Waals surface area contributed by atoms with Gasteiger partial charge in [-0.2, -0.15) is 0 Å². The number of piperidine rings is 1. The molecular weight excluding hydrogens is 198 g/mol. The van der Waals surface area contributed by atoms with E-state index >= 15 is 0 Å². The molecule has 0 aromatic rings. The summed E-state index contributed by atoms with van der Waals surface area (Å²) >= 11 is 0. The lowest BCUT2D eigenvalue weighted by Gasteiger charge is -2.36. The second-order valence-corrected chi connectivity index (χ2v) is 5.68. The van der Waals surface area contributed by atoms with Gasteiger partial charge in [0.05, 0.1) is 5.60 Å². The zero-order valence-corrected chi connectivity index (χ0v) is 10.8. The maximum Gasteiger partial charge on any atom is 0.0703 e. The lowest BCUT2D eigenvalue weighted by molar-refractivity contribution is -0.0424. The third-order valence-corrected chi connectivity index (χ3v) is 4.67. The SMILES string of the molecule is COC1(CCCC2CCCC2)CCNCC1. The van der Waals surface area contributed by atoms with E-state index in [0.29, 0.717) is 0 Å². The van der Waals surface area contributed by atoms with Crippen LogP contribution in [-0.4, -0.2) is 25.8 Å². The van der Waals surface area contributed by atoms with Gasteiger partial charge in [-0.15, -0.1) is 0 Å². The first-order valence-electron chi connectivity index (χ1n) is 7.10. The van der Waals surface area contributed by atoms with Crippen molar-refractivity contribution in [3.63, 3.8) is 0 Å². The minimum atomic E-state index is 0.212. The summed E-state index contributed by atoms with van der Waals surface area (Å²) in [4.78, 5) is 0. The molecule has 1 saturated heterocycles. The second-order valence-electron chi connectivity index (χ2n) is 5.68. The predicted molar refractivity (Wildman–Crippen MR) is 67.7 cm³/mol. The van der Waals surface area contributed by atoms with Crippen LogP contribution in [-0.2, 0) is 4.74 Å². The first-order chi connectivity index (χ1) is 7.85. The normalized spacial score (nSPS) is 26.1. The summed E-state index contributed by atoms with van der Waals surface area (Å²) in [6.07, 6.45) is 12.4. The molecule has 1 heterocycles. The van der Waals surface area contributed by atoms with Crippen LogP contribution in [0, 0.1) is 5.92 Å². The highest BCUT2D eigenvalue weighted by Crippen LogP contribution is 2.33. The highest BCUT2D eigenvalue weighted by atomic mass is 16.5. The third-order valence-electron chi connectivity index (χ3n) is 4.67. The molecule has 0 aromatic carbocycles. The van der Waals surface area contributed by atoms with E-state index in [2.05, 4.69) is 5.32 Å². The molecule has 1 aliphatic heterocycles. The number of nitrogens with one attached hydrogen (secondary N) is 1. The number of methoxy groups -OCH3 is 1. The van der Waals surface area contributed by atoms with Crippen molar-refractivity contribution in [2.75, 3.05) is 20.2 Å². The molecule has 0 atom stereocenters. The Morgan fingerprint density at radius 3 is 2.50 bits per heavy atom. The van der Waals surface area contributed by atoms with Crippen LogP contribution in [0.15, 0.2) is 0 Å². The molecule has 2 heteroatoms. The van der Waals surface area contributed by atoms with E-state index in [1.807, 2.05) is 7.11 Å². The van der Waals surface area contributed by atoms with E-state index in [9.17, 15) is 0 Å². The molecule has 2 rings (SSSR count). The topological polar surface area (TPSA) is 21.3 Å². The van der Waals surface area contributed by atoms with E-state index in [0.717, 1.165) is 19.0 Å². The van der Waals surface area contributed by atoms with Crippen LogP contribution in [0.4, 0.5) is 0 Å². The molecule has 0 aromatic heterocycles. The molecule has 2 nitrogen and oxygen atoms in total. The Balaban J connectivity index is 1.69. The first kappa shape index (κ1) is 12.4. The minimum Gasteiger partial charge on any atom is -0.378 e. The van der Waals surface area contributed by atoms with E-state index in [1.54, 1.807) is 0 Å². The van der Waals surface area contributed by atoms with E-state index in [4.69, 9.17) is 4.74 Å². The summed E-state index contributed by atoms with van der Waals surface area (Å²) in [5.41, 5.74) is 0.212.